The van der Waals surface area contributed by atoms with Crippen LogP contribution in [0.1, 0.15) is 19.3 Å². The van der Waals surface area contributed by atoms with Crippen LogP contribution in [0.3, 0.4) is 0 Å². The Balaban J connectivity index is 0.00000261. The molecule has 0 aromatic carbocycles. The highest BCUT2D eigenvalue weighted by molar-refractivity contribution is 5.80. The Bertz CT molecular complexity index is 825. The lowest BCUT2D eigenvalue weighted by atomic mass is 10.1. The minimum absolute atomic E-state index is 0. The van der Waals surface area contributed by atoms with Crippen LogP contribution in [0.2, 0.25) is 0 Å². The van der Waals surface area contributed by atoms with Crippen LogP contribution in [0.5, 0.6) is 0 Å². The number of anilines is 1. The van der Waals surface area contributed by atoms with Crippen molar-refractivity contribution in [2.75, 3.05) is 26.0 Å². The van der Waals surface area contributed by atoms with Gasteiger partial charge >= 0.3 is 0 Å². The number of nitrogens with two attached hydrogens (primary N) is 1. The third-order valence-corrected chi connectivity index (χ3v) is 4.02. The molecule has 1 saturated heterocycles. The number of aromatic amines is 1. The Morgan fingerprint density at radius 1 is 1.48 bits per heavy atom. The van der Waals surface area contributed by atoms with Crippen LogP contribution in [0, 0.1) is 0 Å². The molecule has 0 saturated carbocycles. The van der Waals surface area contributed by atoms with Crippen LogP contribution in [-0.2, 0) is 25.7 Å². The van der Waals surface area contributed by atoms with Gasteiger partial charge in [0.05, 0.1) is 19.5 Å². The molecule has 2 aromatic rings. The first kappa shape index (κ1) is 20.9. The fraction of sp³-hybridized carbons (Fsp3) is 0.600. The lowest BCUT2D eigenvalue weighted by Gasteiger charge is -2.28. The van der Waals surface area contributed by atoms with Gasteiger partial charge in [-0.1, -0.05) is 0 Å². The molecule has 1 aliphatic rings. The maximum absolute atomic E-state index is 11.7. The van der Waals surface area contributed by atoms with E-state index >= 15 is 0 Å². The van der Waals surface area contributed by atoms with Gasteiger partial charge in [0.1, 0.15) is 12.8 Å². The Labute approximate surface area is 157 Å². The largest absolute Gasteiger partial charge is 0.369 e. The van der Waals surface area contributed by atoms with Crippen molar-refractivity contribution in [3.63, 3.8) is 0 Å². The molecule has 1 aliphatic heterocycles. The van der Waals surface area contributed by atoms with Crippen LogP contribution in [0.25, 0.3) is 11.2 Å². The van der Waals surface area contributed by atoms with E-state index in [9.17, 15) is 9.59 Å². The normalized spacial score (nSPS) is 19.6. The number of ether oxygens (including phenoxy) is 3. The van der Waals surface area contributed by atoms with Crippen LogP contribution in [0.4, 0.5) is 5.95 Å². The number of aromatic nitrogens is 4. The quantitative estimate of drug-likeness (QED) is 0.409. The Kier molecular flexibility index (Phi) is 7.33. The maximum atomic E-state index is 11.7. The summed E-state index contributed by atoms with van der Waals surface area (Å²) in [5.41, 5.74) is 5.71. The van der Waals surface area contributed by atoms with Gasteiger partial charge in [0.25, 0.3) is 5.56 Å². The minimum atomic E-state index is -0.466. The highest BCUT2D eigenvalue weighted by atomic mass is 16.7. The molecule has 145 valence electrons. The van der Waals surface area contributed by atoms with Gasteiger partial charge in [-0.05, 0) is 19.3 Å². The molecular weight excluding hydrogens is 355 g/mol. The average molecular weight is 377 g/mol. The zero-order chi connectivity index (χ0) is 18.5. The minimum Gasteiger partial charge on any atom is -0.369 e. The van der Waals surface area contributed by atoms with E-state index < -0.39 is 18.0 Å². The molecule has 0 spiro atoms. The molecule has 3 rings (SSSR count). The van der Waals surface area contributed by atoms with Gasteiger partial charge in [0, 0.05) is 15.5 Å². The Morgan fingerprint density at radius 2 is 2.30 bits per heavy atom. The van der Waals surface area contributed by atoms with Gasteiger partial charge in [-0.15, -0.1) is 0 Å². The number of amides is 1. The summed E-state index contributed by atoms with van der Waals surface area (Å²) in [4.78, 5) is 33.8. The van der Waals surface area contributed by atoms with E-state index in [2.05, 4.69) is 20.3 Å². The molecule has 3 radical (unpaired) electrons. The molecule has 2 unspecified atom stereocenters. The summed E-state index contributed by atoms with van der Waals surface area (Å²) < 4.78 is 18.3. The molecule has 1 amide bonds. The number of H-pyrrole nitrogens is 1. The highest BCUT2D eigenvalue weighted by Gasteiger charge is 2.27. The molecule has 2 aromatic heterocycles. The van der Waals surface area contributed by atoms with Gasteiger partial charge in [-0.25, -0.2) is 4.98 Å². The van der Waals surface area contributed by atoms with Crippen LogP contribution in [0.15, 0.2) is 11.1 Å². The maximum Gasteiger partial charge on any atom is 0.280 e. The van der Waals surface area contributed by atoms with Gasteiger partial charge in [0.15, 0.2) is 17.5 Å². The second kappa shape index (κ2) is 9.49. The molecule has 1 fully saturated rings. The summed E-state index contributed by atoms with van der Waals surface area (Å²) in [6.07, 6.45) is 2.89. The average Bonchev–Trinajstić information content (AvgIpc) is 3.04. The molecule has 0 aliphatic carbocycles. The third-order valence-electron chi connectivity index (χ3n) is 4.02. The number of nitrogens with one attached hydrogen (secondary N) is 2. The van der Waals surface area contributed by atoms with E-state index in [1.165, 1.54) is 6.33 Å². The topological polar surface area (TPSA) is 146 Å². The molecule has 0 bridgehead atoms. The van der Waals surface area contributed by atoms with Crippen molar-refractivity contribution in [2.45, 2.75) is 38.4 Å². The second-order valence-corrected chi connectivity index (χ2v) is 5.85. The number of nitrogens with zero attached hydrogens (tertiary/aromatic N) is 3. The number of carbonyl (C=O) groups excluding carboxylic acids is 1. The number of likely N-dealkylation sites (N-methyl/N-ethyl adjacent to an activating group) is 1. The fourth-order valence-corrected chi connectivity index (χ4v) is 2.73. The van der Waals surface area contributed by atoms with Crippen molar-refractivity contribution in [3.8, 4) is 0 Å². The van der Waals surface area contributed by atoms with Crippen molar-refractivity contribution in [1.82, 2.24) is 24.8 Å². The Hall–Kier alpha value is -2.44. The number of hydrogen-bond acceptors (Lipinski definition) is 8. The zero-order valence-electron chi connectivity index (χ0n) is 15.0. The monoisotopic (exact) mass is 377 g/mol. The summed E-state index contributed by atoms with van der Waals surface area (Å²) in [6, 6.07) is 0. The van der Waals surface area contributed by atoms with Crippen molar-refractivity contribution in [1.29, 1.82) is 0 Å². The zero-order valence-corrected chi connectivity index (χ0v) is 15.0. The summed E-state index contributed by atoms with van der Waals surface area (Å²) in [6.45, 7) is 0.777. The SMILES string of the molecule is CNC(=O)C1CCCC(OCCOCn2cnc3c(=O)[nH]c(N)nc32)O1.[B]. The number of carbonyl (C=O) groups is 1. The van der Waals surface area contributed by atoms with E-state index in [1.54, 1.807) is 11.6 Å². The first-order valence-electron chi connectivity index (χ1n) is 8.35. The first-order chi connectivity index (χ1) is 12.6. The number of hydrogen-bond donors (Lipinski definition) is 3. The predicted octanol–water partition coefficient (Wildman–Crippen LogP) is -1.05. The lowest BCUT2D eigenvalue weighted by Crippen LogP contribution is -2.40. The summed E-state index contributed by atoms with van der Waals surface area (Å²) >= 11 is 0. The third kappa shape index (κ3) is 5.05. The molecular formula is C15H22BN6O5. The highest BCUT2D eigenvalue weighted by Crippen LogP contribution is 2.20. The molecule has 27 heavy (non-hydrogen) atoms. The first-order valence-corrected chi connectivity index (χ1v) is 8.35. The Morgan fingerprint density at radius 3 is 3.07 bits per heavy atom. The lowest BCUT2D eigenvalue weighted by molar-refractivity contribution is -0.201. The van der Waals surface area contributed by atoms with Crippen molar-refractivity contribution in [2.24, 2.45) is 0 Å². The standard InChI is InChI=1S/C15H22N6O5.B/c1-17-13(22)9-3-2-4-10(26-9)25-6-5-24-8-21-7-18-11-12(21)19-15(16)20-14(11)23;/h7,9-10H,2-6,8H2,1H3,(H,17,22)(H3,16,19,20,23);. The van der Waals surface area contributed by atoms with Gasteiger partial charge in [-0.3, -0.25) is 19.1 Å². The van der Waals surface area contributed by atoms with Gasteiger partial charge in [-0.2, -0.15) is 4.98 Å². The van der Waals surface area contributed by atoms with Crippen molar-refractivity contribution < 1.29 is 19.0 Å². The van der Waals surface area contributed by atoms with Crippen molar-refractivity contribution >= 4 is 31.4 Å². The molecule has 11 nitrogen and oxygen atoms in total. The summed E-state index contributed by atoms with van der Waals surface area (Å²) in [5.74, 6) is -0.115. The van der Waals surface area contributed by atoms with E-state index in [0.29, 0.717) is 25.3 Å². The van der Waals surface area contributed by atoms with Gasteiger partial charge in [0.2, 0.25) is 11.9 Å². The van der Waals surface area contributed by atoms with Crippen molar-refractivity contribution in [3.05, 3.63) is 16.7 Å². The molecule has 12 heteroatoms. The number of rotatable bonds is 7. The molecule has 2 atom stereocenters. The number of imidazole rings is 1. The number of fused-ring (bicyclic) bond motifs is 1. The van der Waals surface area contributed by atoms with Crippen LogP contribution < -0.4 is 16.6 Å². The van der Waals surface area contributed by atoms with E-state index in [0.717, 1.165) is 12.8 Å². The number of nitrogen functional groups attached to an aromatic ring is 1. The predicted molar refractivity (Wildman–Crippen MR) is 96.8 cm³/mol. The molecule has 3 heterocycles. The summed E-state index contributed by atoms with van der Waals surface area (Å²) in [7, 11) is 1.58. The summed E-state index contributed by atoms with van der Waals surface area (Å²) in [5, 5.41) is 2.58. The van der Waals surface area contributed by atoms with E-state index in [-0.39, 0.29) is 32.5 Å². The second-order valence-electron chi connectivity index (χ2n) is 5.85. The van der Waals surface area contributed by atoms with Gasteiger partial charge < -0.3 is 25.3 Å². The fourth-order valence-electron chi connectivity index (χ4n) is 2.73. The van der Waals surface area contributed by atoms with E-state index in [1.807, 2.05) is 0 Å². The van der Waals surface area contributed by atoms with Crippen LogP contribution in [-0.4, -0.2) is 66.5 Å². The smallest absolute Gasteiger partial charge is 0.280 e. The van der Waals surface area contributed by atoms with Crippen LogP contribution >= 0.6 is 0 Å². The van der Waals surface area contributed by atoms with E-state index in [4.69, 9.17) is 19.9 Å². The molecule has 4 N–H and O–H groups in total.